The van der Waals surface area contributed by atoms with Crippen molar-refractivity contribution in [3.05, 3.63) is 24.3 Å². The number of hydrogen-bond acceptors (Lipinski definition) is 5. The molecule has 0 amide bonds. The molecule has 1 unspecified atom stereocenters. The van der Waals surface area contributed by atoms with Crippen LogP contribution in [0.4, 0.5) is 0 Å². The van der Waals surface area contributed by atoms with Gasteiger partial charge in [-0.1, -0.05) is 12.1 Å². The highest BCUT2D eigenvalue weighted by Crippen LogP contribution is 2.23. The zero-order valence-corrected chi connectivity index (χ0v) is 12.8. The number of hydrogen-bond donors (Lipinski definition) is 2. The van der Waals surface area contributed by atoms with Gasteiger partial charge in [-0.2, -0.15) is 0 Å². The third kappa shape index (κ3) is 4.71. The summed E-state index contributed by atoms with van der Waals surface area (Å²) in [6, 6.07) is 6.89. The lowest BCUT2D eigenvalue weighted by molar-refractivity contribution is -0.0524. The monoisotopic (exact) mass is 293 g/mol. The van der Waals surface area contributed by atoms with Gasteiger partial charge in [-0.05, 0) is 43.9 Å². The second-order valence-electron chi connectivity index (χ2n) is 5.83. The summed E-state index contributed by atoms with van der Waals surface area (Å²) in [5, 5.41) is 18.3. The third-order valence-electron chi connectivity index (χ3n) is 4.06. The van der Waals surface area contributed by atoms with Gasteiger partial charge in [-0.25, -0.2) is 0 Å². The molecule has 1 atom stereocenters. The maximum atomic E-state index is 9.14. The van der Waals surface area contributed by atoms with Crippen LogP contribution in [0.2, 0.25) is 0 Å². The SMILES string of the molecule is COC1(C)CCCN(CCOc2cccc(B(O)O)c2)C1. The van der Waals surface area contributed by atoms with Crippen molar-refractivity contribution in [2.24, 2.45) is 0 Å². The normalized spacial score (nSPS) is 23.0. The Hall–Kier alpha value is -1.08. The average molecular weight is 293 g/mol. The van der Waals surface area contributed by atoms with Crippen LogP contribution in [0.15, 0.2) is 24.3 Å². The topological polar surface area (TPSA) is 62.2 Å². The fourth-order valence-electron chi connectivity index (χ4n) is 2.72. The van der Waals surface area contributed by atoms with E-state index in [0.29, 0.717) is 17.8 Å². The van der Waals surface area contributed by atoms with E-state index < -0.39 is 7.12 Å². The largest absolute Gasteiger partial charge is 0.492 e. The van der Waals surface area contributed by atoms with Crippen LogP contribution >= 0.6 is 0 Å². The van der Waals surface area contributed by atoms with Crippen molar-refractivity contribution >= 4 is 12.6 Å². The first kappa shape index (κ1) is 16.3. The molecule has 0 saturated carbocycles. The lowest BCUT2D eigenvalue weighted by Gasteiger charge is -2.39. The van der Waals surface area contributed by atoms with Crippen molar-refractivity contribution in [3.8, 4) is 5.75 Å². The van der Waals surface area contributed by atoms with Gasteiger partial charge in [0.15, 0.2) is 0 Å². The molecule has 1 saturated heterocycles. The first-order valence-corrected chi connectivity index (χ1v) is 7.39. The minimum atomic E-state index is -1.46. The average Bonchev–Trinajstić information content (AvgIpc) is 2.48. The Morgan fingerprint density at radius 3 is 2.90 bits per heavy atom. The summed E-state index contributed by atoms with van der Waals surface area (Å²) >= 11 is 0. The molecule has 0 aromatic heterocycles. The minimum absolute atomic E-state index is 0.0564. The fraction of sp³-hybridized carbons (Fsp3) is 0.600. The van der Waals surface area contributed by atoms with Crippen LogP contribution in [-0.4, -0.2) is 61.0 Å². The van der Waals surface area contributed by atoms with Crippen LogP contribution in [0.3, 0.4) is 0 Å². The van der Waals surface area contributed by atoms with Gasteiger partial charge >= 0.3 is 7.12 Å². The zero-order valence-electron chi connectivity index (χ0n) is 12.8. The Morgan fingerprint density at radius 1 is 1.38 bits per heavy atom. The molecule has 6 heteroatoms. The lowest BCUT2D eigenvalue weighted by Crippen LogP contribution is -2.48. The van der Waals surface area contributed by atoms with E-state index in [1.807, 2.05) is 6.07 Å². The number of likely N-dealkylation sites (tertiary alicyclic amines) is 1. The molecule has 21 heavy (non-hydrogen) atoms. The smallest absolute Gasteiger partial charge is 0.488 e. The second kappa shape index (κ2) is 7.27. The van der Waals surface area contributed by atoms with E-state index in [4.69, 9.17) is 19.5 Å². The molecule has 116 valence electrons. The van der Waals surface area contributed by atoms with Crippen LogP contribution in [0.1, 0.15) is 19.8 Å². The van der Waals surface area contributed by atoms with Crippen LogP contribution in [0, 0.1) is 0 Å². The highest BCUT2D eigenvalue weighted by atomic mass is 16.5. The number of rotatable bonds is 6. The molecule has 0 radical (unpaired) electrons. The van der Waals surface area contributed by atoms with E-state index in [2.05, 4.69) is 11.8 Å². The Kier molecular flexibility index (Phi) is 5.64. The van der Waals surface area contributed by atoms with Gasteiger partial charge in [-0.3, -0.25) is 4.90 Å². The van der Waals surface area contributed by atoms with Crippen molar-refractivity contribution in [3.63, 3.8) is 0 Å². The van der Waals surface area contributed by atoms with Gasteiger partial charge in [0.25, 0.3) is 0 Å². The molecule has 1 heterocycles. The van der Waals surface area contributed by atoms with Crippen molar-refractivity contribution in [2.45, 2.75) is 25.4 Å². The quantitative estimate of drug-likeness (QED) is 0.736. The predicted molar refractivity (Wildman–Crippen MR) is 82.9 cm³/mol. The number of nitrogens with zero attached hydrogens (tertiary/aromatic N) is 1. The molecule has 1 aromatic carbocycles. The summed E-state index contributed by atoms with van der Waals surface area (Å²) in [6.45, 7) is 5.54. The number of ether oxygens (including phenoxy) is 2. The van der Waals surface area contributed by atoms with E-state index in [9.17, 15) is 0 Å². The summed E-state index contributed by atoms with van der Waals surface area (Å²) in [5.74, 6) is 0.659. The van der Waals surface area contributed by atoms with Gasteiger partial charge in [0.2, 0.25) is 0 Å². The van der Waals surface area contributed by atoms with Crippen LogP contribution in [-0.2, 0) is 4.74 Å². The highest BCUT2D eigenvalue weighted by molar-refractivity contribution is 6.58. The summed E-state index contributed by atoms with van der Waals surface area (Å²) in [6.07, 6.45) is 2.23. The molecule has 1 aliphatic heterocycles. The van der Waals surface area contributed by atoms with E-state index >= 15 is 0 Å². The van der Waals surface area contributed by atoms with E-state index in [0.717, 1.165) is 32.5 Å². The minimum Gasteiger partial charge on any atom is -0.492 e. The molecular formula is C15H24BNO4. The van der Waals surface area contributed by atoms with Gasteiger partial charge in [-0.15, -0.1) is 0 Å². The predicted octanol–water partition coefficient (Wildman–Crippen LogP) is 0.246. The first-order chi connectivity index (χ1) is 10.0. The van der Waals surface area contributed by atoms with Crippen LogP contribution in [0.25, 0.3) is 0 Å². The molecule has 1 aliphatic rings. The molecule has 0 bridgehead atoms. The number of piperidine rings is 1. The molecule has 1 aromatic rings. The van der Waals surface area contributed by atoms with Crippen molar-refractivity contribution < 1.29 is 19.5 Å². The highest BCUT2D eigenvalue weighted by Gasteiger charge is 2.30. The van der Waals surface area contributed by atoms with E-state index in [1.165, 1.54) is 0 Å². The molecule has 1 fully saturated rings. The van der Waals surface area contributed by atoms with Crippen LogP contribution in [0.5, 0.6) is 5.75 Å². The van der Waals surface area contributed by atoms with Gasteiger partial charge in [0.05, 0.1) is 5.60 Å². The van der Waals surface area contributed by atoms with Gasteiger partial charge in [0.1, 0.15) is 12.4 Å². The molecule has 5 nitrogen and oxygen atoms in total. The maximum absolute atomic E-state index is 9.14. The summed E-state index contributed by atoms with van der Waals surface area (Å²) in [4.78, 5) is 2.34. The van der Waals surface area contributed by atoms with Crippen molar-refractivity contribution in [1.82, 2.24) is 4.90 Å². The summed E-state index contributed by atoms with van der Waals surface area (Å²) in [7, 11) is 0.309. The molecule has 2 N–H and O–H groups in total. The Morgan fingerprint density at radius 2 is 2.19 bits per heavy atom. The Bertz CT molecular complexity index is 457. The molecular weight excluding hydrogens is 269 g/mol. The molecule has 0 spiro atoms. The van der Waals surface area contributed by atoms with Crippen LogP contribution < -0.4 is 10.2 Å². The first-order valence-electron chi connectivity index (χ1n) is 7.39. The van der Waals surface area contributed by atoms with Gasteiger partial charge in [0, 0.05) is 20.2 Å². The molecule has 2 rings (SSSR count). The standard InChI is InChI=1S/C15H24BNO4/c1-15(20-2)7-4-8-17(12-15)9-10-21-14-6-3-5-13(11-14)16(18)19/h3,5-6,11,18-19H,4,7-10,12H2,1-2H3. The summed E-state index contributed by atoms with van der Waals surface area (Å²) < 4.78 is 11.3. The second-order valence-corrected chi connectivity index (χ2v) is 5.83. The van der Waals surface area contributed by atoms with Crippen molar-refractivity contribution in [1.29, 1.82) is 0 Å². The van der Waals surface area contributed by atoms with E-state index in [1.54, 1.807) is 25.3 Å². The van der Waals surface area contributed by atoms with Gasteiger partial charge < -0.3 is 19.5 Å². The molecule has 0 aliphatic carbocycles. The maximum Gasteiger partial charge on any atom is 0.488 e. The Labute approximate surface area is 126 Å². The summed E-state index contributed by atoms with van der Waals surface area (Å²) in [5.41, 5.74) is 0.386. The number of benzene rings is 1. The van der Waals surface area contributed by atoms with E-state index in [-0.39, 0.29) is 5.60 Å². The number of methoxy groups -OCH3 is 1. The Balaban J connectivity index is 1.80. The third-order valence-corrected chi connectivity index (χ3v) is 4.06. The van der Waals surface area contributed by atoms with Crippen molar-refractivity contribution in [2.75, 3.05) is 33.4 Å². The fourth-order valence-corrected chi connectivity index (χ4v) is 2.72. The lowest BCUT2D eigenvalue weighted by atomic mass is 9.80. The zero-order chi connectivity index (χ0) is 15.3.